The van der Waals surface area contributed by atoms with Gasteiger partial charge >= 0.3 is 0 Å². The molecule has 3 aromatic rings. The Hall–Kier alpha value is -3.38. The number of carbonyl (C=O) groups excluding carboxylic acids is 2. The summed E-state index contributed by atoms with van der Waals surface area (Å²) in [6.45, 7) is 0.424. The van der Waals surface area contributed by atoms with Crippen molar-refractivity contribution in [2.45, 2.75) is 12.8 Å². The number of nitro groups is 1. The second-order valence-corrected chi connectivity index (χ2v) is 10.7. The number of anilines is 1. The maximum absolute atomic E-state index is 12.7. The molecule has 10 nitrogen and oxygen atoms in total. The zero-order chi connectivity index (χ0) is 23.8. The van der Waals surface area contributed by atoms with Crippen LogP contribution in [0.4, 0.5) is 11.4 Å². The van der Waals surface area contributed by atoms with Crippen molar-refractivity contribution in [2.24, 2.45) is 12.0 Å². The SMILES string of the molecule is Cn1c(=NC(=O)CS(=O)(=O)CC(=O)N2CCCc3ccccc32)sc2cc([N+](=O)[O-])ccc21. The minimum absolute atomic E-state index is 0.0948. The van der Waals surface area contributed by atoms with E-state index in [2.05, 4.69) is 4.99 Å². The van der Waals surface area contributed by atoms with Crippen LogP contribution >= 0.6 is 11.3 Å². The Balaban J connectivity index is 1.51. The third kappa shape index (κ3) is 4.86. The first-order chi connectivity index (χ1) is 15.6. The Labute approximate surface area is 192 Å². The zero-order valence-electron chi connectivity index (χ0n) is 17.6. The molecule has 0 fully saturated rings. The molecule has 0 N–H and O–H groups in total. The number of aryl methyl sites for hydroxylation is 2. The van der Waals surface area contributed by atoms with Crippen molar-refractivity contribution in [1.29, 1.82) is 0 Å². The summed E-state index contributed by atoms with van der Waals surface area (Å²) in [5.74, 6) is -3.16. The maximum atomic E-state index is 12.7. The van der Waals surface area contributed by atoms with Crippen LogP contribution in [0.1, 0.15) is 12.0 Å². The zero-order valence-corrected chi connectivity index (χ0v) is 19.3. The Morgan fingerprint density at radius 2 is 1.94 bits per heavy atom. The number of para-hydroxylation sites is 1. The summed E-state index contributed by atoms with van der Waals surface area (Å²) in [6, 6.07) is 11.6. The van der Waals surface area contributed by atoms with E-state index in [1.54, 1.807) is 29.8 Å². The molecule has 2 heterocycles. The van der Waals surface area contributed by atoms with Gasteiger partial charge in [0.1, 0.15) is 11.5 Å². The average Bonchev–Trinajstić information content (AvgIpc) is 3.06. The number of nitro benzene ring substituents is 1. The summed E-state index contributed by atoms with van der Waals surface area (Å²) in [6.07, 6.45) is 1.55. The number of amides is 2. The van der Waals surface area contributed by atoms with E-state index in [4.69, 9.17) is 0 Å². The number of nitrogens with zero attached hydrogens (tertiary/aromatic N) is 4. The predicted octanol–water partition coefficient (Wildman–Crippen LogP) is 1.97. The van der Waals surface area contributed by atoms with Gasteiger partial charge in [0.2, 0.25) is 5.91 Å². The van der Waals surface area contributed by atoms with E-state index in [0.717, 1.165) is 29.7 Å². The normalized spacial score (nSPS) is 14.3. The first-order valence-corrected chi connectivity index (χ1v) is 12.7. The van der Waals surface area contributed by atoms with E-state index in [9.17, 15) is 28.1 Å². The number of hydrogen-bond donors (Lipinski definition) is 0. The van der Waals surface area contributed by atoms with Crippen LogP contribution < -0.4 is 9.70 Å². The minimum Gasteiger partial charge on any atom is -0.319 e. The van der Waals surface area contributed by atoms with E-state index < -0.39 is 38.1 Å². The fraction of sp³-hybridized carbons (Fsp3) is 0.286. The summed E-state index contributed by atoms with van der Waals surface area (Å²) < 4.78 is 27.2. The van der Waals surface area contributed by atoms with E-state index >= 15 is 0 Å². The molecule has 33 heavy (non-hydrogen) atoms. The number of fused-ring (bicyclic) bond motifs is 2. The topological polar surface area (TPSA) is 132 Å². The number of carbonyl (C=O) groups is 2. The van der Waals surface area contributed by atoms with Crippen molar-refractivity contribution in [3.63, 3.8) is 0 Å². The van der Waals surface area contributed by atoms with Crippen molar-refractivity contribution in [2.75, 3.05) is 23.0 Å². The van der Waals surface area contributed by atoms with Gasteiger partial charge in [-0.05, 0) is 30.5 Å². The Morgan fingerprint density at radius 1 is 1.18 bits per heavy atom. The molecule has 1 aliphatic heterocycles. The Morgan fingerprint density at radius 3 is 2.70 bits per heavy atom. The minimum atomic E-state index is -4.04. The van der Waals surface area contributed by atoms with Crippen LogP contribution in [0.15, 0.2) is 47.5 Å². The van der Waals surface area contributed by atoms with Gasteiger partial charge < -0.3 is 9.47 Å². The van der Waals surface area contributed by atoms with Crippen LogP contribution in [0, 0.1) is 10.1 Å². The van der Waals surface area contributed by atoms with E-state index in [1.807, 2.05) is 12.1 Å². The molecule has 0 saturated carbocycles. The molecular formula is C21H20N4O6S2. The molecule has 2 amide bonds. The number of aromatic nitrogens is 1. The van der Waals surface area contributed by atoms with Crippen molar-refractivity contribution < 1.29 is 22.9 Å². The van der Waals surface area contributed by atoms with Gasteiger partial charge in [0, 0.05) is 31.4 Å². The molecule has 0 bridgehead atoms. The van der Waals surface area contributed by atoms with Crippen LogP contribution in [0.5, 0.6) is 0 Å². The monoisotopic (exact) mass is 488 g/mol. The fourth-order valence-electron chi connectivity index (χ4n) is 3.78. The van der Waals surface area contributed by atoms with E-state index in [1.165, 1.54) is 17.0 Å². The highest BCUT2D eigenvalue weighted by molar-refractivity contribution is 7.92. The molecule has 0 aliphatic carbocycles. The highest BCUT2D eigenvalue weighted by Gasteiger charge is 2.28. The highest BCUT2D eigenvalue weighted by atomic mass is 32.2. The number of benzene rings is 2. The lowest BCUT2D eigenvalue weighted by Gasteiger charge is -2.29. The van der Waals surface area contributed by atoms with Gasteiger partial charge in [-0.15, -0.1) is 0 Å². The van der Waals surface area contributed by atoms with Gasteiger partial charge in [-0.25, -0.2) is 8.42 Å². The number of hydrogen-bond acceptors (Lipinski definition) is 7. The molecule has 172 valence electrons. The molecule has 2 aromatic carbocycles. The number of sulfone groups is 1. The average molecular weight is 489 g/mol. The van der Waals surface area contributed by atoms with Crippen LogP contribution in [-0.2, 0) is 32.9 Å². The molecule has 0 saturated heterocycles. The van der Waals surface area contributed by atoms with Gasteiger partial charge in [-0.3, -0.25) is 19.7 Å². The van der Waals surface area contributed by atoms with Gasteiger partial charge in [0.25, 0.3) is 11.6 Å². The van der Waals surface area contributed by atoms with E-state index in [-0.39, 0.29) is 10.5 Å². The van der Waals surface area contributed by atoms with Crippen molar-refractivity contribution in [1.82, 2.24) is 4.57 Å². The van der Waals surface area contributed by atoms with Gasteiger partial charge in [0.05, 0.1) is 15.1 Å². The molecule has 0 radical (unpaired) electrons. The molecule has 1 aliphatic rings. The summed E-state index contributed by atoms with van der Waals surface area (Å²) in [5.41, 5.74) is 2.21. The smallest absolute Gasteiger partial charge is 0.270 e. The standard InChI is InChI=1S/C21H20N4O6S2/c1-23-17-9-8-15(25(28)29)11-18(17)32-21(23)22-19(26)12-33(30,31)13-20(27)24-10-4-6-14-5-2-3-7-16(14)24/h2-3,5,7-9,11H,4,6,10,12-13H2,1H3. The lowest BCUT2D eigenvalue weighted by atomic mass is 10.0. The molecule has 0 unspecified atom stereocenters. The van der Waals surface area contributed by atoms with Crippen molar-refractivity contribution in [3.05, 3.63) is 62.9 Å². The summed E-state index contributed by atoms with van der Waals surface area (Å²) in [5, 5.41) is 11.0. The van der Waals surface area contributed by atoms with Crippen molar-refractivity contribution in [3.8, 4) is 0 Å². The number of rotatable bonds is 5. The van der Waals surface area contributed by atoms with Gasteiger partial charge in [-0.1, -0.05) is 29.5 Å². The lowest BCUT2D eigenvalue weighted by Crippen LogP contribution is -2.40. The maximum Gasteiger partial charge on any atom is 0.270 e. The lowest BCUT2D eigenvalue weighted by molar-refractivity contribution is -0.384. The molecule has 4 rings (SSSR count). The molecule has 12 heteroatoms. The van der Waals surface area contributed by atoms with Crippen LogP contribution in [-0.4, -0.2) is 47.8 Å². The highest BCUT2D eigenvalue weighted by Crippen LogP contribution is 2.27. The number of non-ortho nitro benzene ring substituents is 1. The van der Waals surface area contributed by atoms with Crippen LogP contribution in [0.2, 0.25) is 0 Å². The molecular weight excluding hydrogens is 468 g/mol. The van der Waals surface area contributed by atoms with Crippen LogP contribution in [0.25, 0.3) is 10.2 Å². The third-order valence-corrected chi connectivity index (χ3v) is 7.79. The van der Waals surface area contributed by atoms with Crippen molar-refractivity contribution >= 4 is 54.6 Å². The summed E-state index contributed by atoms with van der Waals surface area (Å²) in [4.78, 5) is 41.1. The number of thiazole rings is 1. The Kier molecular flexibility index (Phi) is 6.13. The second-order valence-electron chi connectivity index (χ2n) is 7.67. The fourth-order valence-corrected chi connectivity index (χ4v) is 5.92. The molecule has 1 aromatic heterocycles. The van der Waals surface area contributed by atoms with Crippen LogP contribution in [0.3, 0.4) is 0 Å². The molecule has 0 spiro atoms. The first kappa shape index (κ1) is 22.8. The largest absolute Gasteiger partial charge is 0.319 e. The van der Waals surface area contributed by atoms with E-state index in [0.29, 0.717) is 22.4 Å². The second kappa shape index (κ2) is 8.87. The quantitative estimate of drug-likeness (QED) is 0.398. The third-order valence-electron chi connectivity index (χ3n) is 5.32. The van der Waals surface area contributed by atoms with Gasteiger partial charge in [-0.2, -0.15) is 4.99 Å². The first-order valence-electron chi connectivity index (χ1n) is 10.0. The molecule has 0 atom stereocenters. The Bertz CT molecular complexity index is 1450. The summed E-state index contributed by atoms with van der Waals surface area (Å²) >= 11 is 1.04. The van der Waals surface area contributed by atoms with Gasteiger partial charge in [0.15, 0.2) is 14.6 Å². The predicted molar refractivity (Wildman–Crippen MR) is 124 cm³/mol. The summed E-state index contributed by atoms with van der Waals surface area (Å²) in [7, 11) is -2.41.